The van der Waals surface area contributed by atoms with E-state index in [1.165, 1.54) is 18.4 Å². The molecule has 1 fully saturated rings. The van der Waals surface area contributed by atoms with Gasteiger partial charge in [0.25, 0.3) is 0 Å². The largest absolute Gasteiger partial charge is 0.334 e. The quantitative estimate of drug-likeness (QED) is 0.320. The second-order valence-electron chi connectivity index (χ2n) is 9.61. The number of carbonyl (C=O) groups is 2. The van der Waals surface area contributed by atoms with Crippen molar-refractivity contribution in [3.63, 3.8) is 0 Å². The van der Waals surface area contributed by atoms with Crippen molar-refractivity contribution in [3.8, 4) is 11.1 Å². The summed E-state index contributed by atoms with van der Waals surface area (Å²) in [6.45, 7) is 3.30. The minimum absolute atomic E-state index is 0.0187. The van der Waals surface area contributed by atoms with E-state index in [0.29, 0.717) is 12.1 Å². The highest BCUT2D eigenvalue weighted by Gasteiger charge is 2.46. The number of fused-ring (bicyclic) bond motifs is 2. The molecule has 1 aliphatic carbocycles. The van der Waals surface area contributed by atoms with Gasteiger partial charge in [-0.15, -0.1) is 0 Å². The molecule has 1 aliphatic heterocycles. The lowest BCUT2D eigenvalue weighted by Gasteiger charge is -2.25. The molecule has 0 atom stereocenters. The molecule has 3 aromatic carbocycles. The summed E-state index contributed by atoms with van der Waals surface area (Å²) in [6.07, 6.45) is 5.48. The van der Waals surface area contributed by atoms with E-state index in [2.05, 4.69) is 59.4 Å². The van der Waals surface area contributed by atoms with Gasteiger partial charge in [0.2, 0.25) is 0 Å². The summed E-state index contributed by atoms with van der Waals surface area (Å²) in [7, 11) is 1.90. The number of benzene rings is 3. The fourth-order valence-corrected chi connectivity index (χ4v) is 6.10. The Morgan fingerprint density at radius 3 is 2.54 bits per heavy atom. The average Bonchev–Trinajstić information content (AvgIpc) is 3.49. The van der Waals surface area contributed by atoms with Crippen molar-refractivity contribution >= 4 is 30.0 Å². The van der Waals surface area contributed by atoms with E-state index in [1.807, 2.05) is 30.1 Å². The van der Waals surface area contributed by atoms with Gasteiger partial charge in [-0.25, -0.2) is 4.79 Å². The van der Waals surface area contributed by atoms with Gasteiger partial charge in [0, 0.05) is 34.7 Å². The number of amides is 2. The van der Waals surface area contributed by atoms with Crippen LogP contribution in [0.15, 0.2) is 65.6 Å². The first-order valence-corrected chi connectivity index (χ1v) is 13.0. The first-order chi connectivity index (χ1) is 17.0. The van der Waals surface area contributed by atoms with Gasteiger partial charge in [-0.05, 0) is 96.9 Å². The number of rotatable bonds is 6. The molecule has 1 heterocycles. The van der Waals surface area contributed by atoms with E-state index in [0.717, 1.165) is 58.5 Å². The summed E-state index contributed by atoms with van der Waals surface area (Å²) in [4.78, 5) is 27.8. The number of hydrogen-bond acceptors (Lipinski definition) is 4. The molecule has 5 rings (SSSR count). The van der Waals surface area contributed by atoms with E-state index >= 15 is 0 Å². The fraction of sp³-hybridized carbons (Fsp3) is 0.310. The first-order valence-electron chi connectivity index (χ1n) is 12.2. The van der Waals surface area contributed by atoms with Crippen LogP contribution in [0.1, 0.15) is 52.7 Å². The monoisotopic (exact) mass is 485 g/mol. The molecule has 0 aromatic heterocycles. The maximum absolute atomic E-state index is 13.3. The van der Waals surface area contributed by atoms with Crippen LogP contribution in [0.2, 0.25) is 0 Å². The van der Waals surface area contributed by atoms with Crippen molar-refractivity contribution in [2.45, 2.75) is 49.5 Å². The Morgan fingerprint density at radius 1 is 1.06 bits per heavy atom. The van der Waals surface area contributed by atoms with Gasteiger partial charge in [-0.3, -0.25) is 14.4 Å². The van der Waals surface area contributed by atoms with Crippen molar-refractivity contribution < 1.29 is 9.59 Å². The maximum atomic E-state index is 13.3. The van der Waals surface area contributed by atoms with E-state index < -0.39 is 0 Å². The fourth-order valence-electron chi connectivity index (χ4n) is 5.59. The van der Waals surface area contributed by atoms with Gasteiger partial charge >= 0.3 is 6.03 Å². The third-order valence-electron chi connectivity index (χ3n) is 7.42. The zero-order chi connectivity index (χ0) is 24.4. The number of aryl methyl sites for hydroxylation is 1. The average molecular weight is 486 g/mol. The summed E-state index contributed by atoms with van der Waals surface area (Å²) in [6, 6.07) is 20.4. The highest BCUT2D eigenvalue weighted by molar-refractivity contribution is 7.97. The SMILES string of the molecule is CNSc1ccc(CNC(=O)N2CC3(CCCC3)c3cc(-c4cc(C=O)ccc4C)ccc32)cc1. The van der Waals surface area contributed by atoms with Crippen LogP contribution in [0.25, 0.3) is 11.1 Å². The molecule has 3 aromatic rings. The number of urea groups is 1. The van der Waals surface area contributed by atoms with E-state index in [-0.39, 0.29) is 11.4 Å². The summed E-state index contributed by atoms with van der Waals surface area (Å²) in [5.74, 6) is 0. The van der Waals surface area contributed by atoms with E-state index in [9.17, 15) is 9.59 Å². The van der Waals surface area contributed by atoms with Crippen LogP contribution in [0, 0.1) is 6.92 Å². The number of anilines is 1. The second-order valence-corrected chi connectivity index (χ2v) is 10.7. The molecule has 1 saturated carbocycles. The Kier molecular flexibility index (Phi) is 6.67. The normalized spacial score (nSPS) is 15.9. The van der Waals surface area contributed by atoms with Crippen LogP contribution in [-0.2, 0) is 12.0 Å². The lowest BCUT2D eigenvalue weighted by molar-refractivity contribution is 0.112. The molecule has 180 valence electrons. The van der Waals surface area contributed by atoms with Crippen LogP contribution in [-0.4, -0.2) is 25.9 Å². The zero-order valence-electron chi connectivity index (χ0n) is 20.3. The molecule has 2 aliphatic rings. The van der Waals surface area contributed by atoms with Crippen LogP contribution >= 0.6 is 11.9 Å². The molecule has 5 nitrogen and oxygen atoms in total. The Bertz CT molecular complexity index is 1250. The molecule has 1 spiro atoms. The van der Waals surface area contributed by atoms with Gasteiger partial charge in [0.1, 0.15) is 6.29 Å². The Labute approximate surface area is 211 Å². The van der Waals surface area contributed by atoms with Crippen LogP contribution < -0.4 is 14.9 Å². The summed E-state index contributed by atoms with van der Waals surface area (Å²) >= 11 is 1.57. The Balaban J connectivity index is 1.41. The van der Waals surface area contributed by atoms with Crippen LogP contribution in [0.5, 0.6) is 0 Å². The van der Waals surface area contributed by atoms with Crippen molar-refractivity contribution in [1.82, 2.24) is 10.0 Å². The van der Waals surface area contributed by atoms with Gasteiger partial charge in [-0.2, -0.15) is 0 Å². The number of hydrogen-bond donors (Lipinski definition) is 2. The highest BCUT2D eigenvalue weighted by atomic mass is 32.2. The third kappa shape index (κ3) is 4.60. The summed E-state index contributed by atoms with van der Waals surface area (Å²) < 4.78 is 3.07. The van der Waals surface area contributed by atoms with Crippen molar-refractivity contribution in [2.24, 2.45) is 0 Å². The number of aldehydes is 1. The number of carbonyl (C=O) groups excluding carboxylic acids is 2. The van der Waals surface area contributed by atoms with E-state index in [1.54, 1.807) is 11.9 Å². The number of nitrogens with one attached hydrogen (secondary N) is 2. The van der Waals surface area contributed by atoms with Crippen LogP contribution in [0.4, 0.5) is 10.5 Å². The number of nitrogens with zero attached hydrogens (tertiary/aromatic N) is 1. The van der Waals surface area contributed by atoms with Gasteiger partial charge in [0.15, 0.2) is 0 Å². The topological polar surface area (TPSA) is 61.4 Å². The van der Waals surface area contributed by atoms with Gasteiger partial charge < -0.3 is 5.32 Å². The van der Waals surface area contributed by atoms with Crippen molar-refractivity contribution in [3.05, 3.63) is 82.9 Å². The zero-order valence-corrected chi connectivity index (χ0v) is 21.1. The predicted octanol–water partition coefficient (Wildman–Crippen LogP) is 6.24. The Hall–Kier alpha value is -3.09. The molecule has 0 saturated heterocycles. The predicted molar refractivity (Wildman–Crippen MR) is 143 cm³/mol. The molecule has 0 bridgehead atoms. The van der Waals surface area contributed by atoms with Gasteiger partial charge in [-0.1, -0.05) is 43.2 Å². The minimum atomic E-state index is -0.0458. The second kappa shape index (κ2) is 9.88. The maximum Gasteiger partial charge on any atom is 0.322 e. The highest BCUT2D eigenvalue weighted by Crippen LogP contribution is 2.51. The smallest absolute Gasteiger partial charge is 0.322 e. The third-order valence-corrected chi connectivity index (χ3v) is 8.13. The lowest BCUT2D eigenvalue weighted by Crippen LogP contribution is -2.41. The summed E-state index contributed by atoms with van der Waals surface area (Å²) in [5, 5.41) is 3.14. The molecule has 35 heavy (non-hydrogen) atoms. The van der Waals surface area contributed by atoms with Crippen LogP contribution in [0.3, 0.4) is 0 Å². The van der Waals surface area contributed by atoms with Crippen molar-refractivity contribution in [1.29, 1.82) is 0 Å². The van der Waals surface area contributed by atoms with E-state index in [4.69, 9.17) is 0 Å². The Morgan fingerprint density at radius 2 is 1.83 bits per heavy atom. The summed E-state index contributed by atoms with van der Waals surface area (Å²) in [5.41, 5.74) is 7.39. The lowest BCUT2D eigenvalue weighted by atomic mass is 9.79. The molecule has 6 heteroatoms. The minimum Gasteiger partial charge on any atom is -0.334 e. The molecular weight excluding hydrogens is 454 g/mol. The van der Waals surface area contributed by atoms with Crippen molar-refractivity contribution in [2.75, 3.05) is 18.5 Å². The standard InChI is InChI=1S/C29H31N3O2S/c1-20-5-6-22(18-33)15-25(20)23-9-12-27-26(16-23)29(13-3-4-14-29)19-32(27)28(34)31-17-21-7-10-24(11-8-21)35-30-2/h5-12,15-16,18,30H,3-4,13-14,17,19H2,1-2H3,(H,31,34). The molecule has 0 radical (unpaired) electrons. The molecule has 0 unspecified atom stereocenters. The molecule has 2 amide bonds. The van der Waals surface area contributed by atoms with Gasteiger partial charge in [0.05, 0.1) is 0 Å². The molecule has 2 N–H and O–H groups in total. The molecular formula is C29H31N3O2S. The first kappa shape index (κ1) is 23.6.